The molecule has 0 unspecified atom stereocenters. The standard InChI is InChI=1S/C16H20ClFO/c1-2-3-4-7-12-19-16-13-14(8-5-6-11-17)9-10-15(16)18/h9-10,13H,2-4,6-7,11-12H2,1H3. The average Bonchev–Trinajstić information content (AvgIpc) is 2.42. The van der Waals surface area contributed by atoms with E-state index in [0.717, 1.165) is 18.4 Å². The Morgan fingerprint density at radius 2 is 2.11 bits per heavy atom. The van der Waals surface area contributed by atoms with Crippen LogP contribution in [0.5, 0.6) is 5.75 Å². The van der Waals surface area contributed by atoms with Gasteiger partial charge < -0.3 is 4.74 Å². The molecule has 0 aliphatic heterocycles. The molecule has 19 heavy (non-hydrogen) atoms. The molecule has 0 heterocycles. The van der Waals surface area contributed by atoms with Gasteiger partial charge in [0.25, 0.3) is 0 Å². The predicted octanol–water partition coefficient (Wildman–Crippen LogP) is 4.77. The fourth-order valence-electron chi connectivity index (χ4n) is 1.61. The Morgan fingerprint density at radius 3 is 2.84 bits per heavy atom. The molecule has 104 valence electrons. The lowest BCUT2D eigenvalue weighted by Crippen LogP contribution is -1.99. The topological polar surface area (TPSA) is 9.23 Å². The van der Waals surface area contributed by atoms with Gasteiger partial charge in [0.1, 0.15) is 0 Å². The normalized spacial score (nSPS) is 9.84. The van der Waals surface area contributed by atoms with Gasteiger partial charge in [0, 0.05) is 17.9 Å². The molecule has 0 aromatic heterocycles. The fraction of sp³-hybridized carbons (Fsp3) is 0.500. The van der Waals surface area contributed by atoms with Gasteiger partial charge in [-0.2, -0.15) is 0 Å². The van der Waals surface area contributed by atoms with Gasteiger partial charge in [-0.15, -0.1) is 11.6 Å². The minimum Gasteiger partial charge on any atom is -0.490 e. The number of benzene rings is 1. The summed E-state index contributed by atoms with van der Waals surface area (Å²) in [7, 11) is 0. The number of alkyl halides is 1. The molecule has 0 amide bonds. The van der Waals surface area contributed by atoms with Crippen molar-refractivity contribution in [1.82, 2.24) is 0 Å². The van der Waals surface area contributed by atoms with E-state index >= 15 is 0 Å². The lowest BCUT2D eigenvalue weighted by Gasteiger charge is -2.07. The number of rotatable bonds is 7. The zero-order valence-electron chi connectivity index (χ0n) is 11.3. The molecule has 0 atom stereocenters. The quantitative estimate of drug-likeness (QED) is 0.398. The van der Waals surface area contributed by atoms with E-state index in [9.17, 15) is 4.39 Å². The molecule has 1 aromatic rings. The van der Waals surface area contributed by atoms with Crippen LogP contribution in [0.25, 0.3) is 0 Å². The number of halogens is 2. The third-order valence-electron chi connectivity index (χ3n) is 2.64. The minimum atomic E-state index is -0.335. The van der Waals surface area contributed by atoms with Crippen LogP contribution < -0.4 is 4.74 Å². The van der Waals surface area contributed by atoms with Crippen molar-refractivity contribution in [2.45, 2.75) is 39.0 Å². The number of ether oxygens (including phenoxy) is 1. The molecule has 0 bridgehead atoms. The second-order valence-corrected chi connectivity index (χ2v) is 4.67. The van der Waals surface area contributed by atoms with E-state index in [4.69, 9.17) is 16.3 Å². The zero-order chi connectivity index (χ0) is 13.9. The van der Waals surface area contributed by atoms with Crippen molar-refractivity contribution in [3.63, 3.8) is 0 Å². The summed E-state index contributed by atoms with van der Waals surface area (Å²) in [6.07, 6.45) is 5.07. The molecule has 0 fully saturated rings. The summed E-state index contributed by atoms with van der Waals surface area (Å²) in [5.41, 5.74) is 0.759. The highest BCUT2D eigenvalue weighted by Gasteiger charge is 2.03. The summed E-state index contributed by atoms with van der Waals surface area (Å²) in [5.74, 6) is 6.33. The van der Waals surface area contributed by atoms with Gasteiger partial charge in [0.2, 0.25) is 0 Å². The number of hydrogen-bond acceptors (Lipinski definition) is 1. The molecule has 0 saturated heterocycles. The maximum Gasteiger partial charge on any atom is 0.165 e. The Labute approximate surface area is 120 Å². The van der Waals surface area contributed by atoms with Gasteiger partial charge in [-0.05, 0) is 24.6 Å². The predicted molar refractivity (Wildman–Crippen MR) is 78.3 cm³/mol. The van der Waals surface area contributed by atoms with Gasteiger partial charge >= 0.3 is 0 Å². The first-order valence-electron chi connectivity index (χ1n) is 6.75. The summed E-state index contributed by atoms with van der Waals surface area (Å²) in [6, 6.07) is 4.70. The van der Waals surface area contributed by atoms with Crippen molar-refractivity contribution in [3.05, 3.63) is 29.6 Å². The molecule has 1 aromatic carbocycles. The van der Waals surface area contributed by atoms with Gasteiger partial charge in [-0.25, -0.2) is 4.39 Å². The molecule has 0 radical (unpaired) electrons. The van der Waals surface area contributed by atoms with E-state index in [1.165, 1.54) is 18.9 Å². The lowest BCUT2D eigenvalue weighted by atomic mass is 10.2. The van der Waals surface area contributed by atoms with Crippen LogP contribution in [0.2, 0.25) is 0 Å². The first kappa shape index (κ1) is 15.9. The molecular weight excluding hydrogens is 263 g/mol. The maximum atomic E-state index is 13.5. The number of unbranched alkanes of at least 4 members (excludes halogenated alkanes) is 3. The molecule has 1 rings (SSSR count). The molecular formula is C16H20ClFO. The van der Waals surface area contributed by atoms with Gasteiger partial charge in [-0.3, -0.25) is 0 Å². The molecule has 0 aliphatic rings. The van der Waals surface area contributed by atoms with Gasteiger partial charge in [0.05, 0.1) is 6.61 Å². The highest BCUT2D eigenvalue weighted by molar-refractivity contribution is 6.18. The third-order valence-corrected chi connectivity index (χ3v) is 2.83. The van der Waals surface area contributed by atoms with Crippen LogP contribution in [-0.4, -0.2) is 12.5 Å². The van der Waals surface area contributed by atoms with Gasteiger partial charge in [0.15, 0.2) is 11.6 Å². The van der Waals surface area contributed by atoms with E-state index in [0.29, 0.717) is 18.9 Å². The molecule has 0 saturated carbocycles. The molecule has 0 aliphatic carbocycles. The summed E-state index contributed by atoms with van der Waals surface area (Å²) >= 11 is 5.55. The van der Waals surface area contributed by atoms with Crippen LogP contribution in [0.3, 0.4) is 0 Å². The molecule has 0 N–H and O–H groups in total. The van der Waals surface area contributed by atoms with E-state index < -0.39 is 0 Å². The highest BCUT2D eigenvalue weighted by atomic mass is 35.5. The maximum absolute atomic E-state index is 13.5. The average molecular weight is 283 g/mol. The van der Waals surface area contributed by atoms with Crippen molar-refractivity contribution in [2.24, 2.45) is 0 Å². The minimum absolute atomic E-state index is 0.286. The van der Waals surface area contributed by atoms with Crippen LogP contribution in [0, 0.1) is 17.7 Å². The summed E-state index contributed by atoms with van der Waals surface area (Å²) < 4.78 is 19.0. The summed E-state index contributed by atoms with van der Waals surface area (Å²) in [4.78, 5) is 0. The summed E-state index contributed by atoms with van der Waals surface area (Å²) in [5, 5.41) is 0. The van der Waals surface area contributed by atoms with E-state index in [1.54, 1.807) is 12.1 Å². The Balaban J connectivity index is 2.52. The highest BCUT2D eigenvalue weighted by Crippen LogP contribution is 2.19. The van der Waals surface area contributed by atoms with Crippen LogP contribution in [0.4, 0.5) is 4.39 Å². The van der Waals surface area contributed by atoms with E-state index in [-0.39, 0.29) is 11.6 Å². The monoisotopic (exact) mass is 282 g/mol. The van der Waals surface area contributed by atoms with Crippen LogP contribution in [0.1, 0.15) is 44.6 Å². The molecule has 3 heteroatoms. The first-order valence-corrected chi connectivity index (χ1v) is 7.28. The zero-order valence-corrected chi connectivity index (χ0v) is 12.1. The van der Waals surface area contributed by atoms with Crippen molar-refractivity contribution in [2.75, 3.05) is 12.5 Å². The Kier molecular flexibility index (Phi) is 8.09. The molecule has 0 spiro atoms. The summed E-state index contributed by atoms with van der Waals surface area (Å²) in [6.45, 7) is 2.71. The van der Waals surface area contributed by atoms with Crippen molar-refractivity contribution < 1.29 is 9.13 Å². The van der Waals surface area contributed by atoms with E-state index in [2.05, 4.69) is 18.8 Å². The van der Waals surface area contributed by atoms with Crippen molar-refractivity contribution in [1.29, 1.82) is 0 Å². The second-order valence-electron chi connectivity index (χ2n) is 4.30. The SMILES string of the molecule is CCCCCCOc1cc(C#CCCCl)ccc1F. The van der Waals surface area contributed by atoms with Crippen LogP contribution in [-0.2, 0) is 0 Å². The largest absolute Gasteiger partial charge is 0.490 e. The van der Waals surface area contributed by atoms with Crippen molar-refractivity contribution >= 4 is 11.6 Å². The van der Waals surface area contributed by atoms with E-state index in [1.807, 2.05) is 0 Å². The third kappa shape index (κ3) is 6.50. The van der Waals surface area contributed by atoms with Crippen LogP contribution in [0.15, 0.2) is 18.2 Å². The van der Waals surface area contributed by atoms with Crippen LogP contribution >= 0.6 is 11.6 Å². The smallest absolute Gasteiger partial charge is 0.165 e. The van der Waals surface area contributed by atoms with Gasteiger partial charge in [-0.1, -0.05) is 38.0 Å². The second kappa shape index (κ2) is 9.69. The lowest BCUT2D eigenvalue weighted by molar-refractivity contribution is 0.290. The first-order chi connectivity index (χ1) is 9.27. The van der Waals surface area contributed by atoms with Crippen molar-refractivity contribution in [3.8, 4) is 17.6 Å². The Hall–Kier alpha value is -1.20. The fourth-order valence-corrected chi connectivity index (χ4v) is 1.71. The number of hydrogen-bond donors (Lipinski definition) is 0. The molecule has 1 nitrogen and oxygen atoms in total. The Morgan fingerprint density at radius 1 is 1.26 bits per heavy atom. The Bertz CT molecular complexity index is 434.